The van der Waals surface area contributed by atoms with Crippen LogP contribution in [0.2, 0.25) is 0 Å². The third-order valence-corrected chi connectivity index (χ3v) is 5.41. The van der Waals surface area contributed by atoms with Crippen LogP contribution >= 0.6 is 0 Å². The summed E-state index contributed by atoms with van der Waals surface area (Å²) in [6, 6.07) is 17.8. The monoisotopic (exact) mass is 519 g/mol. The smallest absolute Gasteiger partial charge is 0.308 e. The number of nitrogens with one attached hydrogen (secondary N) is 1. The average molecular weight is 520 g/mol. The van der Waals surface area contributed by atoms with Gasteiger partial charge in [0.05, 0.1) is 10.4 Å². The molecule has 3 aromatic carbocycles. The standard InChI is InChI=1S/C20H15N3O4.C6H6O3S/c1-4-14-6-5-7-15(8-14)23-20-16-9-18(26-12(2)24)19(27-13(3)25)10-17(16)21-11-22-20;7-10(8,9)6-4-2-1-3-5-6/h1,5-11H,2-3H3,(H,21,22,23);1-5H,(H,7,8,9). The minimum Gasteiger partial charge on any atom is -0.423 e. The van der Waals surface area contributed by atoms with E-state index in [1.54, 1.807) is 30.3 Å². The second-order valence-corrected chi connectivity index (χ2v) is 8.79. The Hall–Kier alpha value is -4.79. The van der Waals surface area contributed by atoms with Gasteiger partial charge in [0.15, 0.2) is 11.5 Å². The Morgan fingerprint density at radius 1 is 0.919 bits per heavy atom. The highest BCUT2D eigenvalue weighted by atomic mass is 32.2. The first-order chi connectivity index (χ1) is 17.6. The fraction of sp³-hybridized carbons (Fsp3) is 0.0769. The highest BCUT2D eigenvalue weighted by Crippen LogP contribution is 2.35. The largest absolute Gasteiger partial charge is 0.423 e. The van der Waals surface area contributed by atoms with Crippen LogP contribution in [0.15, 0.2) is 78.0 Å². The van der Waals surface area contributed by atoms with Crippen molar-refractivity contribution in [1.82, 2.24) is 9.97 Å². The summed E-state index contributed by atoms with van der Waals surface area (Å²) in [5.74, 6) is 2.16. The number of hydrogen-bond acceptors (Lipinski definition) is 9. The highest BCUT2D eigenvalue weighted by Gasteiger charge is 2.15. The molecule has 0 radical (unpaired) electrons. The van der Waals surface area contributed by atoms with Gasteiger partial charge in [0.1, 0.15) is 12.1 Å². The molecule has 4 rings (SSSR count). The maximum Gasteiger partial charge on any atom is 0.308 e. The molecular formula is C26H21N3O7S. The SMILES string of the molecule is C#Cc1cccc(Nc2ncnc3cc(OC(C)=O)c(OC(C)=O)cc23)c1.O=S(=O)(O)c1ccccc1. The van der Waals surface area contributed by atoms with Gasteiger partial charge in [-0.25, -0.2) is 9.97 Å². The number of esters is 2. The zero-order chi connectivity index (χ0) is 27.0. The molecule has 0 aliphatic carbocycles. The summed E-state index contributed by atoms with van der Waals surface area (Å²) in [5.41, 5.74) is 1.97. The Morgan fingerprint density at radius 2 is 1.57 bits per heavy atom. The molecule has 0 fully saturated rings. The van der Waals surface area contributed by atoms with Crippen LogP contribution in [0.1, 0.15) is 19.4 Å². The van der Waals surface area contributed by atoms with Gasteiger partial charge in [-0.15, -0.1) is 6.42 Å². The van der Waals surface area contributed by atoms with Crippen molar-refractivity contribution in [3.05, 3.63) is 78.6 Å². The normalized spacial score (nSPS) is 10.4. The van der Waals surface area contributed by atoms with E-state index in [-0.39, 0.29) is 16.4 Å². The maximum absolute atomic E-state index is 11.4. The molecule has 0 saturated heterocycles. The number of anilines is 2. The third-order valence-electron chi connectivity index (χ3n) is 4.54. The number of rotatable bonds is 5. The van der Waals surface area contributed by atoms with Crippen molar-refractivity contribution in [3.63, 3.8) is 0 Å². The van der Waals surface area contributed by atoms with E-state index < -0.39 is 22.1 Å². The molecule has 0 bridgehead atoms. The molecular weight excluding hydrogens is 498 g/mol. The lowest BCUT2D eigenvalue weighted by Gasteiger charge is -2.12. The Kier molecular flexibility index (Phi) is 8.52. The van der Waals surface area contributed by atoms with Crippen molar-refractivity contribution >= 4 is 44.5 Å². The predicted molar refractivity (Wildman–Crippen MR) is 136 cm³/mol. The van der Waals surface area contributed by atoms with Gasteiger partial charge in [-0.3, -0.25) is 14.1 Å². The molecule has 0 aliphatic heterocycles. The van der Waals surface area contributed by atoms with Gasteiger partial charge in [0.2, 0.25) is 0 Å². The molecule has 0 amide bonds. The van der Waals surface area contributed by atoms with Gasteiger partial charge in [0, 0.05) is 36.6 Å². The fourth-order valence-corrected chi connectivity index (χ4v) is 3.55. The molecule has 1 aromatic heterocycles. The van der Waals surface area contributed by atoms with Crippen molar-refractivity contribution in [2.24, 2.45) is 0 Å². The van der Waals surface area contributed by atoms with Gasteiger partial charge >= 0.3 is 11.9 Å². The van der Waals surface area contributed by atoms with Crippen LogP contribution in [0.3, 0.4) is 0 Å². The zero-order valence-corrected chi connectivity index (χ0v) is 20.5. The van der Waals surface area contributed by atoms with Crippen LogP contribution in [0.25, 0.3) is 10.9 Å². The van der Waals surface area contributed by atoms with Crippen molar-refractivity contribution in [3.8, 4) is 23.8 Å². The lowest BCUT2D eigenvalue weighted by Crippen LogP contribution is -2.07. The minimum atomic E-state index is -4.00. The van der Waals surface area contributed by atoms with E-state index in [9.17, 15) is 18.0 Å². The first-order valence-electron chi connectivity index (χ1n) is 10.6. The van der Waals surface area contributed by atoms with Crippen LogP contribution in [-0.4, -0.2) is 34.9 Å². The van der Waals surface area contributed by atoms with Crippen LogP contribution in [0.5, 0.6) is 11.5 Å². The lowest BCUT2D eigenvalue weighted by atomic mass is 10.2. The predicted octanol–water partition coefficient (Wildman–Crippen LogP) is 4.14. The van der Waals surface area contributed by atoms with Gasteiger partial charge in [-0.05, 0) is 36.4 Å². The Bertz CT molecular complexity index is 1600. The van der Waals surface area contributed by atoms with E-state index in [1.807, 2.05) is 18.2 Å². The molecule has 0 saturated carbocycles. The number of aromatic nitrogens is 2. The number of ether oxygens (including phenoxy) is 2. The van der Waals surface area contributed by atoms with Gasteiger partial charge in [-0.2, -0.15) is 8.42 Å². The lowest BCUT2D eigenvalue weighted by molar-refractivity contribution is -0.134. The van der Waals surface area contributed by atoms with Crippen molar-refractivity contribution in [2.45, 2.75) is 18.7 Å². The van der Waals surface area contributed by atoms with E-state index >= 15 is 0 Å². The molecule has 188 valence electrons. The first kappa shape index (κ1) is 26.8. The number of benzene rings is 3. The van der Waals surface area contributed by atoms with E-state index in [1.165, 1.54) is 38.4 Å². The average Bonchev–Trinajstić information content (AvgIpc) is 2.85. The number of terminal acetylenes is 1. The van der Waals surface area contributed by atoms with Crippen LogP contribution in [0, 0.1) is 12.3 Å². The Labute approximate surface area is 213 Å². The summed E-state index contributed by atoms with van der Waals surface area (Å²) < 4.78 is 39.5. The summed E-state index contributed by atoms with van der Waals surface area (Å²) in [5, 5.41) is 3.75. The quantitative estimate of drug-likeness (QED) is 0.171. The van der Waals surface area contributed by atoms with Gasteiger partial charge in [-0.1, -0.05) is 30.2 Å². The maximum atomic E-state index is 11.4. The molecule has 0 atom stereocenters. The fourth-order valence-electron chi connectivity index (χ4n) is 3.05. The van der Waals surface area contributed by atoms with Crippen LogP contribution in [-0.2, 0) is 19.7 Å². The molecule has 4 aromatic rings. The summed E-state index contributed by atoms with van der Waals surface area (Å²) in [6.45, 7) is 2.51. The van der Waals surface area contributed by atoms with E-state index in [4.69, 9.17) is 20.4 Å². The first-order valence-corrected chi connectivity index (χ1v) is 12.0. The van der Waals surface area contributed by atoms with E-state index in [0.29, 0.717) is 16.7 Å². The summed E-state index contributed by atoms with van der Waals surface area (Å²) in [4.78, 5) is 31.1. The third kappa shape index (κ3) is 7.60. The number of carbonyl (C=O) groups is 2. The number of fused-ring (bicyclic) bond motifs is 1. The van der Waals surface area contributed by atoms with E-state index in [2.05, 4.69) is 21.2 Å². The van der Waals surface area contributed by atoms with Crippen molar-refractivity contribution < 1.29 is 32.0 Å². The summed E-state index contributed by atoms with van der Waals surface area (Å²) in [6.07, 6.45) is 6.81. The van der Waals surface area contributed by atoms with Crippen molar-refractivity contribution in [1.29, 1.82) is 0 Å². The summed E-state index contributed by atoms with van der Waals surface area (Å²) >= 11 is 0. The molecule has 11 heteroatoms. The summed E-state index contributed by atoms with van der Waals surface area (Å²) in [7, 11) is -4.00. The molecule has 0 unspecified atom stereocenters. The van der Waals surface area contributed by atoms with E-state index in [0.717, 1.165) is 11.3 Å². The van der Waals surface area contributed by atoms with Gasteiger partial charge < -0.3 is 14.8 Å². The zero-order valence-electron chi connectivity index (χ0n) is 19.7. The molecule has 0 aliphatic rings. The Morgan fingerprint density at radius 3 is 2.14 bits per heavy atom. The van der Waals surface area contributed by atoms with Gasteiger partial charge in [0.25, 0.3) is 10.1 Å². The van der Waals surface area contributed by atoms with Crippen LogP contribution in [0.4, 0.5) is 11.5 Å². The molecule has 0 spiro atoms. The Balaban J connectivity index is 0.000000319. The number of carbonyl (C=O) groups excluding carboxylic acids is 2. The number of nitrogens with zero attached hydrogens (tertiary/aromatic N) is 2. The number of hydrogen-bond donors (Lipinski definition) is 2. The molecule has 10 nitrogen and oxygen atoms in total. The second kappa shape index (κ2) is 11.8. The van der Waals surface area contributed by atoms with Crippen molar-refractivity contribution in [2.75, 3.05) is 5.32 Å². The van der Waals surface area contributed by atoms with Crippen LogP contribution < -0.4 is 14.8 Å². The minimum absolute atomic E-state index is 0.0741. The second-order valence-electron chi connectivity index (χ2n) is 7.36. The highest BCUT2D eigenvalue weighted by molar-refractivity contribution is 7.85. The topological polar surface area (TPSA) is 145 Å². The molecule has 2 N–H and O–H groups in total. The molecule has 1 heterocycles. The molecule has 37 heavy (non-hydrogen) atoms.